The zero-order valence-electron chi connectivity index (χ0n) is 13.2. The number of carbonyl (C=O) groups excluding carboxylic acids is 1. The van der Waals surface area contributed by atoms with Crippen molar-refractivity contribution in [1.29, 1.82) is 0 Å². The summed E-state index contributed by atoms with van der Waals surface area (Å²) in [5.41, 5.74) is 6.53. The summed E-state index contributed by atoms with van der Waals surface area (Å²) in [5.74, 6) is 1.50. The van der Waals surface area contributed by atoms with E-state index in [1.165, 1.54) is 12.8 Å². The first-order valence-corrected chi connectivity index (χ1v) is 8.00. The molecule has 0 spiro atoms. The Morgan fingerprint density at radius 3 is 2.57 bits per heavy atom. The quantitative estimate of drug-likeness (QED) is 0.865. The molecule has 1 amide bonds. The third-order valence-electron chi connectivity index (χ3n) is 4.74. The molecule has 0 bridgehead atoms. The molecular weight excluding hydrogens is 335 g/mol. The van der Waals surface area contributed by atoms with E-state index in [4.69, 9.17) is 5.73 Å². The molecule has 2 heterocycles. The van der Waals surface area contributed by atoms with E-state index < -0.39 is 0 Å². The first-order valence-electron chi connectivity index (χ1n) is 8.00. The van der Waals surface area contributed by atoms with E-state index in [0.717, 1.165) is 43.9 Å². The third kappa shape index (κ3) is 4.72. The zero-order chi connectivity index (χ0) is 14.7. The van der Waals surface area contributed by atoms with Crippen LogP contribution in [0.2, 0.25) is 0 Å². The monoisotopic (exact) mass is 360 g/mol. The average molecular weight is 361 g/mol. The molecule has 0 aromatic carbocycles. The highest BCUT2D eigenvalue weighted by Crippen LogP contribution is 2.32. The number of nitrogens with one attached hydrogen (secondary N) is 1. The van der Waals surface area contributed by atoms with Crippen LogP contribution in [0, 0.1) is 11.8 Å². The Kier molecular flexibility index (Phi) is 8.09. The summed E-state index contributed by atoms with van der Waals surface area (Å²) in [5, 5.41) is 2.99. The van der Waals surface area contributed by atoms with E-state index in [0.29, 0.717) is 12.5 Å². The Balaban J connectivity index is 0.00000132. The number of aromatic nitrogens is 1. The van der Waals surface area contributed by atoms with Crippen LogP contribution >= 0.6 is 24.8 Å². The lowest BCUT2D eigenvalue weighted by atomic mass is 9.95. The van der Waals surface area contributed by atoms with Gasteiger partial charge in [0.1, 0.15) is 5.82 Å². The fourth-order valence-electron chi connectivity index (χ4n) is 3.49. The van der Waals surface area contributed by atoms with Crippen molar-refractivity contribution in [2.24, 2.45) is 17.6 Å². The molecule has 0 radical (unpaired) electrons. The van der Waals surface area contributed by atoms with Crippen LogP contribution in [0.3, 0.4) is 0 Å². The second kappa shape index (κ2) is 9.30. The highest BCUT2D eigenvalue weighted by molar-refractivity contribution is 5.92. The molecule has 5 nitrogen and oxygen atoms in total. The summed E-state index contributed by atoms with van der Waals surface area (Å²) in [4.78, 5) is 19.1. The number of pyridine rings is 1. The van der Waals surface area contributed by atoms with Crippen LogP contribution in [0.25, 0.3) is 0 Å². The number of nitrogens with two attached hydrogens (primary N) is 1. The van der Waals surface area contributed by atoms with Crippen LogP contribution in [0.5, 0.6) is 0 Å². The maximum Gasteiger partial charge on any atom is 0.227 e. The van der Waals surface area contributed by atoms with Crippen molar-refractivity contribution in [2.45, 2.75) is 32.1 Å². The number of halogens is 2. The van der Waals surface area contributed by atoms with Crippen molar-refractivity contribution in [3.63, 3.8) is 0 Å². The normalized spacial score (nSPS) is 23.1. The molecule has 130 valence electrons. The minimum atomic E-state index is 0. The van der Waals surface area contributed by atoms with Crippen molar-refractivity contribution in [3.05, 3.63) is 18.3 Å². The first-order chi connectivity index (χ1) is 10.3. The van der Waals surface area contributed by atoms with Crippen LogP contribution < -0.4 is 16.0 Å². The molecule has 3 rings (SSSR count). The van der Waals surface area contributed by atoms with E-state index in [1.54, 1.807) is 6.20 Å². The second-order valence-electron chi connectivity index (χ2n) is 6.12. The van der Waals surface area contributed by atoms with Crippen LogP contribution in [-0.4, -0.2) is 30.5 Å². The summed E-state index contributed by atoms with van der Waals surface area (Å²) in [6.07, 6.45) is 7.36. The van der Waals surface area contributed by atoms with Crippen LogP contribution in [0.15, 0.2) is 18.3 Å². The van der Waals surface area contributed by atoms with Gasteiger partial charge in [-0.15, -0.1) is 24.8 Å². The van der Waals surface area contributed by atoms with Gasteiger partial charge in [0.15, 0.2) is 0 Å². The highest BCUT2D eigenvalue weighted by Gasteiger charge is 2.31. The Morgan fingerprint density at radius 2 is 1.96 bits per heavy atom. The molecule has 1 aromatic rings. The van der Waals surface area contributed by atoms with Gasteiger partial charge in [0.25, 0.3) is 0 Å². The van der Waals surface area contributed by atoms with Crippen LogP contribution in [-0.2, 0) is 4.79 Å². The molecule has 2 fully saturated rings. The Bertz CT molecular complexity index is 491. The number of amides is 1. The van der Waals surface area contributed by atoms with Gasteiger partial charge in [0, 0.05) is 19.0 Å². The van der Waals surface area contributed by atoms with Gasteiger partial charge in [0.2, 0.25) is 5.91 Å². The second-order valence-corrected chi connectivity index (χ2v) is 6.12. The molecule has 2 aliphatic rings. The molecule has 7 heteroatoms. The van der Waals surface area contributed by atoms with Crippen molar-refractivity contribution in [1.82, 2.24) is 4.98 Å². The third-order valence-corrected chi connectivity index (χ3v) is 4.74. The molecule has 1 saturated carbocycles. The van der Waals surface area contributed by atoms with Gasteiger partial charge in [-0.05, 0) is 50.3 Å². The Morgan fingerprint density at radius 1 is 1.22 bits per heavy atom. The maximum atomic E-state index is 12.3. The van der Waals surface area contributed by atoms with Crippen molar-refractivity contribution >= 4 is 42.2 Å². The summed E-state index contributed by atoms with van der Waals surface area (Å²) in [6.45, 7) is 2.77. The fraction of sp³-hybridized carbons (Fsp3) is 0.625. The SMILES string of the molecule is Cl.Cl.NC[C@H]1CCC[C@H]1C(=O)Nc1ccc(N2CCCC2)nc1. The van der Waals surface area contributed by atoms with Gasteiger partial charge in [-0.2, -0.15) is 0 Å². The molecular formula is C16H26Cl2N4O. The van der Waals surface area contributed by atoms with Gasteiger partial charge in [-0.3, -0.25) is 4.79 Å². The van der Waals surface area contributed by atoms with Gasteiger partial charge in [0.05, 0.1) is 11.9 Å². The number of anilines is 2. The van der Waals surface area contributed by atoms with Crippen LogP contribution in [0.1, 0.15) is 32.1 Å². The molecule has 1 aliphatic heterocycles. The molecule has 23 heavy (non-hydrogen) atoms. The fourth-order valence-corrected chi connectivity index (χ4v) is 3.49. The average Bonchev–Trinajstić information content (AvgIpc) is 3.19. The Labute approximate surface area is 150 Å². The number of hydrogen-bond acceptors (Lipinski definition) is 4. The molecule has 1 saturated heterocycles. The lowest BCUT2D eigenvalue weighted by Gasteiger charge is -2.18. The van der Waals surface area contributed by atoms with Gasteiger partial charge in [-0.25, -0.2) is 4.98 Å². The molecule has 1 aromatic heterocycles. The number of hydrogen-bond donors (Lipinski definition) is 2. The lowest BCUT2D eigenvalue weighted by Crippen LogP contribution is -2.29. The minimum absolute atomic E-state index is 0. The van der Waals surface area contributed by atoms with Gasteiger partial charge >= 0.3 is 0 Å². The molecule has 3 N–H and O–H groups in total. The van der Waals surface area contributed by atoms with E-state index in [2.05, 4.69) is 15.2 Å². The summed E-state index contributed by atoms with van der Waals surface area (Å²) < 4.78 is 0. The largest absolute Gasteiger partial charge is 0.357 e. The van der Waals surface area contributed by atoms with Crippen molar-refractivity contribution < 1.29 is 4.79 Å². The van der Waals surface area contributed by atoms with E-state index >= 15 is 0 Å². The number of nitrogens with zero attached hydrogens (tertiary/aromatic N) is 2. The predicted molar refractivity (Wildman–Crippen MR) is 98.7 cm³/mol. The first kappa shape index (κ1) is 20.0. The summed E-state index contributed by atoms with van der Waals surface area (Å²) in [7, 11) is 0. The molecule has 0 unspecified atom stereocenters. The number of rotatable bonds is 4. The number of carbonyl (C=O) groups is 1. The van der Waals surface area contributed by atoms with Crippen LogP contribution in [0.4, 0.5) is 11.5 Å². The maximum absolute atomic E-state index is 12.3. The van der Waals surface area contributed by atoms with Gasteiger partial charge in [-0.1, -0.05) is 6.42 Å². The molecule has 2 atom stereocenters. The highest BCUT2D eigenvalue weighted by atomic mass is 35.5. The molecule has 1 aliphatic carbocycles. The zero-order valence-corrected chi connectivity index (χ0v) is 14.9. The summed E-state index contributed by atoms with van der Waals surface area (Å²) >= 11 is 0. The van der Waals surface area contributed by atoms with E-state index in [1.807, 2.05) is 12.1 Å². The smallest absolute Gasteiger partial charge is 0.227 e. The standard InChI is InChI=1S/C16H24N4O.2ClH/c17-10-12-4-3-5-14(12)16(21)19-13-6-7-15(18-11-13)20-8-1-2-9-20;;/h6-7,11-12,14H,1-5,8-10,17H2,(H,19,21);2*1H/t12-,14-;;/m1../s1. The minimum Gasteiger partial charge on any atom is -0.357 e. The summed E-state index contributed by atoms with van der Waals surface area (Å²) in [6, 6.07) is 3.95. The predicted octanol–water partition coefficient (Wildman–Crippen LogP) is 2.84. The van der Waals surface area contributed by atoms with Crippen molar-refractivity contribution in [2.75, 3.05) is 29.9 Å². The van der Waals surface area contributed by atoms with Crippen molar-refractivity contribution in [3.8, 4) is 0 Å². The van der Waals surface area contributed by atoms with E-state index in [9.17, 15) is 4.79 Å². The lowest BCUT2D eigenvalue weighted by molar-refractivity contribution is -0.120. The topological polar surface area (TPSA) is 71.2 Å². The van der Waals surface area contributed by atoms with Gasteiger partial charge < -0.3 is 16.0 Å². The Hall–Kier alpha value is -1.04. The van der Waals surface area contributed by atoms with E-state index in [-0.39, 0.29) is 36.6 Å².